The first-order chi connectivity index (χ1) is 15.7. The van der Waals surface area contributed by atoms with Crippen LogP contribution < -0.4 is 4.74 Å². The minimum absolute atomic E-state index is 0.0652. The Morgan fingerprint density at radius 2 is 2.06 bits per heavy atom. The summed E-state index contributed by atoms with van der Waals surface area (Å²) < 4.78 is 11.7. The molecule has 3 rings (SSSR count). The molecule has 182 valence electrons. The lowest BCUT2D eigenvalue weighted by molar-refractivity contribution is -0.137. The van der Waals surface area contributed by atoms with Gasteiger partial charge in [0.05, 0.1) is 31.4 Å². The van der Waals surface area contributed by atoms with E-state index in [0.717, 1.165) is 17.7 Å². The summed E-state index contributed by atoms with van der Waals surface area (Å²) in [5.74, 6) is 0.886. The van der Waals surface area contributed by atoms with Crippen molar-refractivity contribution in [3.63, 3.8) is 0 Å². The standard InChI is InChI=1S/C26H38N2O4S/c1-18(2)27(14-21(29)16-31-19(3)4)15-26(30)28-11-9-25-23(10-12-33-25)24(28)17-32-22-8-6-7-20(5)13-22/h6-8,10,12-13,18-19,21,24,29H,9,11,14-17H2,1-5H3/t21-,24-/m0/s1. The van der Waals surface area contributed by atoms with Crippen LogP contribution in [-0.2, 0) is 16.0 Å². The van der Waals surface area contributed by atoms with Gasteiger partial charge in [-0.05, 0) is 75.7 Å². The Labute approximate surface area is 202 Å². The van der Waals surface area contributed by atoms with E-state index < -0.39 is 6.10 Å². The Morgan fingerprint density at radius 3 is 2.76 bits per heavy atom. The van der Waals surface area contributed by atoms with Gasteiger partial charge < -0.3 is 19.5 Å². The number of hydrogen-bond acceptors (Lipinski definition) is 6. The van der Waals surface area contributed by atoms with Gasteiger partial charge >= 0.3 is 0 Å². The fourth-order valence-electron chi connectivity index (χ4n) is 4.10. The Hall–Kier alpha value is -1.93. The zero-order chi connectivity index (χ0) is 24.0. The van der Waals surface area contributed by atoms with E-state index in [4.69, 9.17) is 9.47 Å². The maximum absolute atomic E-state index is 13.5. The number of aliphatic hydroxyl groups excluding tert-OH is 1. The molecule has 0 unspecified atom stereocenters. The zero-order valence-electron chi connectivity index (χ0n) is 20.5. The Morgan fingerprint density at radius 1 is 1.27 bits per heavy atom. The smallest absolute Gasteiger partial charge is 0.237 e. The fourth-order valence-corrected chi connectivity index (χ4v) is 5.03. The lowest BCUT2D eigenvalue weighted by Crippen LogP contribution is -2.49. The zero-order valence-corrected chi connectivity index (χ0v) is 21.3. The lowest BCUT2D eigenvalue weighted by atomic mass is 10.00. The highest BCUT2D eigenvalue weighted by atomic mass is 32.1. The molecule has 1 aliphatic rings. The van der Waals surface area contributed by atoms with Gasteiger partial charge in [-0.3, -0.25) is 9.69 Å². The van der Waals surface area contributed by atoms with Crippen molar-refractivity contribution < 1.29 is 19.4 Å². The van der Waals surface area contributed by atoms with Crippen molar-refractivity contribution in [1.82, 2.24) is 9.80 Å². The molecule has 1 aromatic carbocycles. The summed E-state index contributed by atoms with van der Waals surface area (Å²) in [6.45, 7) is 12.1. The van der Waals surface area contributed by atoms with E-state index in [9.17, 15) is 9.90 Å². The topological polar surface area (TPSA) is 62.2 Å². The first-order valence-electron chi connectivity index (χ1n) is 11.8. The third-order valence-corrected chi connectivity index (χ3v) is 6.94. The highest BCUT2D eigenvalue weighted by molar-refractivity contribution is 7.10. The minimum atomic E-state index is -0.632. The van der Waals surface area contributed by atoms with Crippen LogP contribution >= 0.6 is 11.3 Å². The molecule has 0 bridgehead atoms. The molecule has 2 heterocycles. The Bertz CT molecular complexity index is 898. The van der Waals surface area contributed by atoms with Crippen molar-refractivity contribution in [3.8, 4) is 5.75 Å². The molecule has 0 spiro atoms. The van der Waals surface area contributed by atoms with E-state index in [1.54, 1.807) is 11.3 Å². The van der Waals surface area contributed by atoms with E-state index in [0.29, 0.717) is 19.7 Å². The molecule has 0 saturated heterocycles. The molecular weight excluding hydrogens is 436 g/mol. The van der Waals surface area contributed by atoms with Crippen LogP contribution in [0.15, 0.2) is 35.7 Å². The number of hydrogen-bond donors (Lipinski definition) is 1. The summed E-state index contributed by atoms with van der Waals surface area (Å²) >= 11 is 1.75. The molecule has 1 aromatic heterocycles. The predicted molar refractivity (Wildman–Crippen MR) is 133 cm³/mol. The van der Waals surface area contributed by atoms with Crippen LogP contribution in [-0.4, -0.2) is 71.9 Å². The Balaban J connectivity index is 1.69. The van der Waals surface area contributed by atoms with Crippen molar-refractivity contribution in [2.75, 3.05) is 32.8 Å². The molecular formula is C26H38N2O4S. The second kappa shape index (κ2) is 12.0. The van der Waals surface area contributed by atoms with Gasteiger partial charge in [-0.25, -0.2) is 0 Å². The van der Waals surface area contributed by atoms with Crippen LogP contribution in [0.5, 0.6) is 5.75 Å². The van der Waals surface area contributed by atoms with Crippen LogP contribution in [0.2, 0.25) is 0 Å². The highest BCUT2D eigenvalue weighted by Gasteiger charge is 2.33. The molecule has 0 radical (unpaired) electrons. The normalized spacial score (nSPS) is 17.0. The molecule has 1 N–H and O–H groups in total. The van der Waals surface area contributed by atoms with Gasteiger partial charge in [-0.2, -0.15) is 0 Å². The number of nitrogens with zero attached hydrogens (tertiary/aromatic N) is 2. The maximum Gasteiger partial charge on any atom is 0.237 e. The molecule has 1 aliphatic heterocycles. The van der Waals surface area contributed by atoms with Gasteiger partial charge in [0.1, 0.15) is 12.4 Å². The third kappa shape index (κ3) is 7.27. The first kappa shape index (κ1) is 25.7. The van der Waals surface area contributed by atoms with Gasteiger partial charge in [-0.1, -0.05) is 12.1 Å². The maximum atomic E-state index is 13.5. The van der Waals surface area contributed by atoms with Crippen molar-refractivity contribution in [3.05, 3.63) is 51.7 Å². The van der Waals surface area contributed by atoms with E-state index >= 15 is 0 Å². The number of amides is 1. The average molecular weight is 475 g/mol. The lowest BCUT2D eigenvalue weighted by Gasteiger charge is -2.38. The third-order valence-electron chi connectivity index (χ3n) is 5.95. The summed E-state index contributed by atoms with van der Waals surface area (Å²) in [4.78, 5) is 18.8. The number of aryl methyl sites for hydroxylation is 1. The van der Waals surface area contributed by atoms with Crippen LogP contribution in [0.4, 0.5) is 0 Å². The van der Waals surface area contributed by atoms with Gasteiger partial charge in [0, 0.05) is 24.0 Å². The number of benzene rings is 1. The molecule has 33 heavy (non-hydrogen) atoms. The van der Waals surface area contributed by atoms with Crippen LogP contribution in [0, 0.1) is 6.92 Å². The van der Waals surface area contributed by atoms with E-state index in [-0.39, 0.29) is 37.2 Å². The molecule has 6 nitrogen and oxygen atoms in total. The monoisotopic (exact) mass is 474 g/mol. The van der Waals surface area contributed by atoms with Crippen molar-refractivity contribution >= 4 is 17.2 Å². The molecule has 2 atom stereocenters. The molecule has 0 aliphatic carbocycles. The summed E-state index contributed by atoms with van der Waals surface area (Å²) in [6, 6.07) is 10.1. The summed E-state index contributed by atoms with van der Waals surface area (Å²) in [5, 5.41) is 12.5. The number of fused-ring (bicyclic) bond motifs is 1. The number of carbonyl (C=O) groups is 1. The fraction of sp³-hybridized carbons (Fsp3) is 0.577. The van der Waals surface area contributed by atoms with Crippen molar-refractivity contribution in [2.45, 2.75) is 65.3 Å². The molecule has 7 heteroatoms. The van der Waals surface area contributed by atoms with Gasteiger partial charge in [0.2, 0.25) is 5.91 Å². The van der Waals surface area contributed by atoms with E-state index in [1.807, 2.05) is 54.8 Å². The highest BCUT2D eigenvalue weighted by Crippen LogP contribution is 2.34. The first-order valence-corrected chi connectivity index (χ1v) is 12.7. The van der Waals surface area contributed by atoms with Gasteiger partial charge in [-0.15, -0.1) is 11.3 Å². The van der Waals surface area contributed by atoms with Crippen LogP contribution in [0.3, 0.4) is 0 Å². The Kier molecular flexibility index (Phi) is 9.32. The quantitative estimate of drug-likeness (QED) is 0.532. The SMILES string of the molecule is Cc1cccc(OC[C@H]2c3ccsc3CCN2C(=O)CN(C[C@H](O)COC(C)C)C(C)C)c1. The number of carbonyl (C=O) groups excluding carboxylic acids is 1. The number of rotatable bonds is 11. The molecule has 0 saturated carbocycles. The number of thiophene rings is 1. The molecule has 1 amide bonds. The summed E-state index contributed by atoms with van der Waals surface area (Å²) in [5.41, 5.74) is 2.33. The van der Waals surface area contributed by atoms with Gasteiger partial charge in [0.25, 0.3) is 0 Å². The second-order valence-corrected chi connectivity index (χ2v) is 10.3. The van der Waals surface area contributed by atoms with Crippen molar-refractivity contribution in [1.29, 1.82) is 0 Å². The second-order valence-electron chi connectivity index (χ2n) is 9.34. The molecule has 2 aromatic rings. The largest absolute Gasteiger partial charge is 0.491 e. The van der Waals surface area contributed by atoms with Gasteiger partial charge in [0.15, 0.2) is 0 Å². The van der Waals surface area contributed by atoms with Crippen LogP contribution in [0.25, 0.3) is 0 Å². The van der Waals surface area contributed by atoms with Crippen molar-refractivity contribution in [2.24, 2.45) is 0 Å². The summed E-state index contributed by atoms with van der Waals surface area (Å²) in [6.07, 6.45) is 0.302. The summed E-state index contributed by atoms with van der Waals surface area (Å²) in [7, 11) is 0. The predicted octanol–water partition coefficient (Wildman–Crippen LogP) is 4.06. The van der Waals surface area contributed by atoms with E-state index in [1.165, 1.54) is 10.4 Å². The average Bonchev–Trinajstić information content (AvgIpc) is 3.24. The van der Waals surface area contributed by atoms with E-state index in [2.05, 4.69) is 25.3 Å². The number of ether oxygens (including phenoxy) is 2. The minimum Gasteiger partial charge on any atom is -0.491 e. The van der Waals surface area contributed by atoms with Crippen LogP contribution in [0.1, 0.15) is 49.7 Å². The number of aliphatic hydroxyl groups is 1. The molecule has 0 fully saturated rings.